The zero-order chi connectivity index (χ0) is 12.7. The third kappa shape index (κ3) is 4.19. The lowest BCUT2D eigenvalue weighted by Crippen LogP contribution is -2.16. The molecule has 0 bridgehead atoms. The highest BCUT2D eigenvalue weighted by molar-refractivity contribution is 5.72. The second kappa shape index (κ2) is 7.07. The Morgan fingerprint density at radius 2 is 2.24 bits per heavy atom. The summed E-state index contributed by atoms with van der Waals surface area (Å²) in [5.41, 5.74) is 2.30. The fourth-order valence-electron chi connectivity index (χ4n) is 1.94. The van der Waals surface area contributed by atoms with Gasteiger partial charge in [0.15, 0.2) is 0 Å². The Balaban J connectivity index is 2.80. The molecule has 94 valence electrons. The van der Waals surface area contributed by atoms with E-state index in [1.807, 2.05) is 19.2 Å². The number of hydrogen-bond donors (Lipinski definition) is 1. The second-order valence-electron chi connectivity index (χ2n) is 4.16. The van der Waals surface area contributed by atoms with Crippen molar-refractivity contribution < 1.29 is 9.53 Å². The topological polar surface area (TPSA) is 38.3 Å². The fourth-order valence-corrected chi connectivity index (χ4v) is 1.94. The van der Waals surface area contributed by atoms with E-state index in [2.05, 4.69) is 29.1 Å². The molecule has 0 aromatic heterocycles. The molecular weight excluding hydrogens is 214 g/mol. The molecule has 0 heterocycles. The van der Waals surface area contributed by atoms with Crippen molar-refractivity contribution in [1.29, 1.82) is 0 Å². The lowest BCUT2D eigenvalue weighted by molar-refractivity contribution is -0.139. The monoisotopic (exact) mass is 235 g/mol. The van der Waals surface area contributed by atoms with E-state index in [0.29, 0.717) is 12.3 Å². The average Bonchev–Trinajstić information content (AvgIpc) is 2.36. The molecule has 1 aromatic rings. The zero-order valence-electron chi connectivity index (χ0n) is 10.8. The van der Waals surface area contributed by atoms with Crippen molar-refractivity contribution in [2.75, 3.05) is 20.7 Å². The van der Waals surface area contributed by atoms with Crippen molar-refractivity contribution in [3.63, 3.8) is 0 Å². The molecular formula is C14H21NO2. The molecule has 3 nitrogen and oxygen atoms in total. The SMILES string of the molecule is CCC(CNC)c1cccc(CC(=O)OC)c1. The first-order valence-corrected chi connectivity index (χ1v) is 6.01. The molecule has 1 N–H and O–H groups in total. The maximum Gasteiger partial charge on any atom is 0.309 e. The normalized spacial score (nSPS) is 12.2. The van der Waals surface area contributed by atoms with E-state index in [1.165, 1.54) is 12.7 Å². The van der Waals surface area contributed by atoms with Crippen molar-refractivity contribution in [1.82, 2.24) is 5.32 Å². The lowest BCUT2D eigenvalue weighted by Gasteiger charge is -2.15. The summed E-state index contributed by atoms with van der Waals surface area (Å²) in [4.78, 5) is 11.2. The predicted octanol–water partition coefficient (Wildman–Crippen LogP) is 2.12. The lowest BCUT2D eigenvalue weighted by atomic mass is 9.94. The van der Waals surface area contributed by atoms with Gasteiger partial charge < -0.3 is 10.1 Å². The van der Waals surface area contributed by atoms with Crippen LogP contribution in [-0.2, 0) is 16.0 Å². The Kier molecular flexibility index (Phi) is 5.70. The standard InChI is InChI=1S/C14H21NO2/c1-4-12(10-15-2)13-7-5-6-11(8-13)9-14(16)17-3/h5-8,12,15H,4,9-10H2,1-3H3. The summed E-state index contributed by atoms with van der Waals surface area (Å²) in [6, 6.07) is 8.19. The van der Waals surface area contributed by atoms with Gasteiger partial charge in [0, 0.05) is 6.54 Å². The number of esters is 1. The summed E-state index contributed by atoms with van der Waals surface area (Å²) in [5.74, 6) is 0.307. The minimum atomic E-state index is -0.191. The van der Waals surface area contributed by atoms with E-state index in [0.717, 1.165) is 18.5 Å². The Bertz CT molecular complexity index is 363. The van der Waals surface area contributed by atoms with Gasteiger partial charge in [0.25, 0.3) is 0 Å². The summed E-state index contributed by atoms with van der Waals surface area (Å²) in [6.45, 7) is 3.13. The molecule has 0 spiro atoms. The molecule has 1 aromatic carbocycles. The number of ether oxygens (including phenoxy) is 1. The first-order chi connectivity index (χ1) is 8.21. The third-order valence-corrected chi connectivity index (χ3v) is 2.94. The van der Waals surface area contributed by atoms with Gasteiger partial charge in [-0.3, -0.25) is 4.79 Å². The van der Waals surface area contributed by atoms with E-state index in [-0.39, 0.29) is 5.97 Å². The number of carbonyl (C=O) groups excluding carboxylic acids is 1. The third-order valence-electron chi connectivity index (χ3n) is 2.94. The summed E-state index contributed by atoms with van der Waals surface area (Å²) in [7, 11) is 3.38. The Hall–Kier alpha value is -1.35. The van der Waals surface area contributed by atoms with Crippen LogP contribution in [0.1, 0.15) is 30.4 Å². The Labute approximate surface area is 103 Å². The molecule has 0 saturated heterocycles. The van der Waals surface area contributed by atoms with Crippen LogP contribution in [0.5, 0.6) is 0 Å². The van der Waals surface area contributed by atoms with Crippen molar-refractivity contribution in [2.45, 2.75) is 25.7 Å². The highest BCUT2D eigenvalue weighted by Crippen LogP contribution is 2.20. The van der Waals surface area contributed by atoms with Gasteiger partial charge in [0.1, 0.15) is 0 Å². The second-order valence-corrected chi connectivity index (χ2v) is 4.16. The van der Waals surface area contributed by atoms with Crippen molar-refractivity contribution in [2.24, 2.45) is 0 Å². The number of rotatable bonds is 6. The van der Waals surface area contributed by atoms with E-state index in [9.17, 15) is 4.79 Å². The quantitative estimate of drug-likeness (QED) is 0.767. The van der Waals surface area contributed by atoms with Crippen LogP contribution in [-0.4, -0.2) is 26.7 Å². The first kappa shape index (κ1) is 13.7. The molecule has 1 atom stereocenters. The van der Waals surface area contributed by atoms with E-state index >= 15 is 0 Å². The molecule has 3 heteroatoms. The Morgan fingerprint density at radius 1 is 1.47 bits per heavy atom. The Morgan fingerprint density at radius 3 is 2.82 bits per heavy atom. The molecule has 0 fully saturated rings. The minimum Gasteiger partial charge on any atom is -0.469 e. The predicted molar refractivity (Wildman–Crippen MR) is 69.1 cm³/mol. The highest BCUT2D eigenvalue weighted by atomic mass is 16.5. The zero-order valence-corrected chi connectivity index (χ0v) is 10.8. The van der Waals surface area contributed by atoms with Gasteiger partial charge in [-0.25, -0.2) is 0 Å². The van der Waals surface area contributed by atoms with Gasteiger partial charge in [0.05, 0.1) is 13.5 Å². The number of carbonyl (C=O) groups is 1. The van der Waals surface area contributed by atoms with E-state index in [4.69, 9.17) is 0 Å². The van der Waals surface area contributed by atoms with Gasteiger partial charge in [-0.05, 0) is 30.5 Å². The van der Waals surface area contributed by atoms with Gasteiger partial charge >= 0.3 is 5.97 Å². The summed E-state index contributed by atoms with van der Waals surface area (Å²) >= 11 is 0. The van der Waals surface area contributed by atoms with Crippen LogP contribution in [0.2, 0.25) is 0 Å². The van der Waals surface area contributed by atoms with Gasteiger partial charge in [-0.1, -0.05) is 31.2 Å². The van der Waals surface area contributed by atoms with E-state index in [1.54, 1.807) is 0 Å². The van der Waals surface area contributed by atoms with Crippen LogP contribution in [0.4, 0.5) is 0 Å². The number of hydrogen-bond acceptors (Lipinski definition) is 3. The number of benzene rings is 1. The molecule has 1 unspecified atom stereocenters. The van der Waals surface area contributed by atoms with Gasteiger partial charge in [0.2, 0.25) is 0 Å². The number of nitrogens with one attached hydrogen (secondary N) is 1. The van der Waals surface area contributed by atoms with Crippen LogP contribution in [0.25, 0.3) is 0 Å². The molecule has 1 rings (SSSR count). The maximum atomic E-state index is 11.2. The number of methoxy groups -OCH3 is 1. The number of likely N-dealkylation sites (N-methyl/N-ethyl adjacent to an activating group) is 1. The van der Waals surface area contributed by atoms with Crippen molar-refractivity contribution in [3.8, 4) is 0 Å². The highest BCUT2D eigenvalue weighted by Gasteiger charge is 2.10. The van der Waals surface area contributed by atoms with Crippen LogP contribution >= 0.6 is 0 Å². The smallest absolute Gasteiger partial charge is 0.309 e. The molecule has 0 radical (unpaired) electrons. The maximum absolute atomic E-state index is 11.2. The molecule has 0 amide bonds. The van der Waals surface area contributed by atoms with Crippen LogP contribution < -0.4 is 5.32 Å². The molecule has 0 aliphatic rings. The van der Waals surface area contributed by atoms with Crippen molar-refractivity contribution >= 4 is 5.97 Å². The summed E-state index contributed by atoms with van der Waals surface area (Å²) in [6.07, 6.45) is 1.43. The van der Waals surface area contributed by atoms with Crippen LogP contribution in [0.15, 0.2) is 24.3 Å². The minimum absolute atomic E-state index is 0.191. The molecule has 0 saturated carbocycles. The molecule has 17 heavy (non-hydrogen) atoms. The van der Waals surface area contributed by atoms with Crippen molar-refractivity contribution in [3.05, 3.63) is 35.4 Å². The average molecular weight is 235 g/mol. The summed E-state index contributed by atoms with van der Waals surface area (Å²) < 4.78 is 4.68. The van der Waals surface area contributed by atoms with Gasteiger partial charge in [-0.15, -0.1) is 0 Å². The summed E-state index contributed by atoms with van der Waals surface area (Å²) in [5, 5.41) is 3.20. The van der Waals surface area contributed by atoms with Gasteiger partial charge in [-0.2, -0.15) is 0 Å². The molecule has 0 aliphatic carbocycles. The van der Waals surface area contributed by atoms with Crippen LogP contribution in [0.3, 0.4) is 0 Å². The van der Waals surface area contributed by atoms with E-state index < -0.39 is 0 Å². The van der Waals surface area contributed by atoms with Crippen LogP contribution in [0, 0.1) is 0 Å². The first-order valence-electron chi connectivity index (χ1n) is 6.01. The fraction of sp³-hybridized carbons (Fsp3) is 0.500. The molecule has 0 aliphatic heterocycles. The largest absolute Gasteiger partial charge is 0.469 e.